The van der Waals surface area contributed by atoms with E-state index in [1.54, 1.807) is 0 Å². The van der Waals surface area contributed by atoms with Crippen molar-refractivity contribution in [2.24, 2.45) is 11.8 Å². The molecule has 0 saturated heterocycles. The third-order valence-electron chi connectivity index (χ3n) is 1.94. The number of hydrogen-bond acceptors (Lipinski definition) is 4. The first-order chi connectivity index (χ1) is 7.95. The molecule has 0 N–H and O–H groups in total. The van der Waals surface area contributed by atoms with Gasteiger partial charge in [-0.3, -0.25) is 4.79 Å². The van der Waals surface area contributed by atoms with E-state index < -0.39 is 6.29 Å². The molecule has 0 aliphatic rings. The Bertz CT molecular complexity index is 217. The second-order valence-electron chi connectivity index (χ2n) is 5.00. The average Bonchev–Trinajstić information content (AvgIpc) is 2.22. The Kier molecular flexibility index (Phi) is 14.1. The Morgan fingerprint density at radius 3 is 1.83 bits per heavy atom. The van der Waals surface area contributed by atoms with Crippen LogP contribution in [0.3, 0.4) is 0 Å². The molecule has 0 amide bonds. The van der Waals surface area contributed by atoms with Gasteiger partial charge in [-0.25, -0.2) is 0 Å². The summed E-state index contributed by atoms with van der Waals surface area (Å²) >= 11 is 0. The van der Waals surface area contributed by atoms with Crippen molar-refractivity contribution in [3.8, 4) is 0 Å². The average molecular weight is 268 g/mol. The summed E-state index contributed by atoms with van der Waals surface area (Å²) in [6.45, 7) is 9.24. The van der Waals surface area contributed by atoms with E-state index in [4.69, 9.17) is 9.47 Å². The van der Waals surface area contributed by atoms with Gasteiger partial charge in [0.25, 0.3) is 0 Å². The van der Waals surface area contributed by atoms with E-state index in [9.17, 15) is 9.59 Å². The summed E-state index contributed by atoms with van der Waals surface area (Å²) in [4.78, 5) is 21.6. The first kappa shape index (κ1) is 20.6. The van der Waals surface area contributed by atoms with E-state index in [1.807, 2.05) is 27.7 Å². The van der Waals surface area contributed by atoms with Crippen molar-refractivity contribution in [1.82, 2.24) is 0 Å². The quantitative estimate of drug-likeness (QED) is 0.261. The molecule has 102 valence electrons. The summed E-state index contributed by atoms with van der Waals surface area (Å²) in [5.74, 6) is 0.639. The Morgan fingerprint density at radius 1 is 1.06 bits per heavy atom. The molecule has 5 heteroatoms. The van der Waals surface area contributed by atoms with Gasteiger partial charge < -0.3 is 14.3 Å². The van der Waals surface area contributed by atoms with Crippen LogP contribution in [0.2, 0.25) is 0 Å². The van der Waals surface area contributed by atoms with Gasteiger partial charge in [0.15, 0.2) is 6.29 Å². The predicted molar refractivity (Wildman–Crippen MR) is 72.8 cm³/mol. The first-order valence-corrected chi connectivity index (χ1v) is 6.14. The van der Waals surface area contributed by atoms with Gasteiger partial charge >= 0.3 is 29.6 Å². The van der Waals surface area contributed by atoms with E-state index >= 15 is 0 Å². The number of rotatable bonds is 10. The van der Waals surface area contributed by atoms with Crippen LogP contribution in [0.4, 0.5) is 0 Å². The van der Waals surface area contributed by atoms with Crippen LogP contribution in [0.25, 0.3) is 0 Å². The number of aldehydes is 1. The van der Waals surface area contributed by atoms with Crippen LogP contribution in [-0.2, 0) is 19.1 Å². The van der Waals surface area contributed by atoms with Crippen molar-refractivity contribution in [2.45, 2.75) is 46.8 Å². The van der Waals surface area contributed by atoms with E-state index in [1.165, 1.54) is 0 Å². The molecule has 0 saturated carbocycles. The molecular formula is C13H25NaO4. The zero-order valence-corrected chi connectivity index (χ0v) is 11.3. The summed E-state index contributed by atoms with van der Waals surface area (Å²) in [5, 5.41) is 0. The second kappa shape index (κ2) is 12.3. The fourth-order valence-electron chi connectivity index (χ4n) is 1.13. The van der Waals surface area contributed by atoms with Crippen molar-refractivity contribution in [1.29, 1.82) is 0 Å². The van der Waals surface area contributed by atoms with Gasteiger partial charge in [0, 0.05) is 0 Å². The topological polar surface area (TPSA) is 52.6 Å². The maximum absolute atomic E-state index is 11.4. The molecule has 0 rings (SSSR count). The molecule has 0 spiro atoms. The first-order valence-electron chi connectivity index (χ1n) is 6.14. The Morgan fingerprint density at radius 2 is 1.50 bits per heavy atom. The third-order valence-corrected chi connectivity index (χ3v) is 1.94. The molecule has 0 aliphatic heterocycles. The van der Waals surface area contributed by atoms with Gasteiger partial charge in [0.2, 0.25) is 0 Å². The maximum atomic E-state index is 11.4. The molecule has 0 radical (unpaired) electrons. The van der Waals surface area contributed by atoms with E-state index in [0.29, 0.717) is 31.3 Å². The number of hydrogen-bond donors (Lipinski definition) is 0. The minimum atomic E-state index is -0.521. The number of carbonyl (C=O) groups is 2. The SMILES string of the molecule is CC(C)COC(CC(=O)CC=O)OCC(C)C.[NaH]. The molecule has 0 unspecified atom stereocenters. The molecule has 18 heavy (non-hydrogen) atoms. The van der Waals surface area contributed by atoms with Gasteiger partial charge in [-0.2, -0.15) is 0 Å². The standard InChI is InChI=1S/C13H24O4.Na.H/c1-10(2)8-16-13(17-9-11(3)4)7-12(15)5-6-14;;/h6,10-11,13H,5,7-9H2,1-4H3;;. The monoisotopic (exact) mass is 268 g/mol. The van der Waals surface area contributed by atoms with Crippen LogP contribution < -0.4 is 0 Å². The number of carbonyl (C=O) groups excluding carboxylic acids is 2. The molecule has 0 aromatic rings. The van der Waals surface area contributed by atoms with Crippen LogP contribution in [0.1, 0.15) is 40.5 Å². The molecule has 0 aliphatic carbocycles. The molecule has 0 fully saturated rings. The van der Waals surface area contributed by atoms with Crippen LogP contribution in [0, 0.1) is 11.8 Å². The molecular weight excluding hydrogens is 243 g/mol. The predicted octanol–water partition coefficient (Wildman–Crippen LogP) is 1.56. The van der Waals surface area contributed by atoms with E-state index in [0.717, 1.165) is 0 Å². The molecule has 0 aromatic heterocycles. The van der Waals surface area contributed by atoms with Crippen LogP contribution >= 0.6 is 0 Å². The van der Waals surface area contributed by atoms with Crippen molar-refractivity contribution in [3.63, 3.8) is 0 Å². The molecule has 0 atom stereocenters. The summed E-state index contributed by atoms with van der Waals surface area (Å²) in [5.41, 5.74) is 0. The van der Waals surface area contributed by atoms with Crippen molar-refractivity contribution in [3.05, 3.63) is 0 Å². The van der Waals surface area contributed by atoms with Crippen LogP contribution in [0.15, 0.2) is 0 Å². The van der Waals surface area contributed by atoms with Crippen LogP contribution in [-0.4, -0.2) is 61.1 Å². The third kappa shape index (κ3) is 12.7. The Balaban J connectivity index is 0. The fourth-order valence-corrected chi connectivity index (χ4v) is 1.13. The van der Waals surface area contributed by atoms with Gasteiger partial charge in [-0.1, -0.05) is 27.7 Å². The van der Waals surface area contributed by atoms with E-state index in [-0.39, 0.29) is 48.2 Å². The molecule has 4 nitrogen and oxygen atoms in total. The zero-order chi connectivity index (χ0) is 13.3. The normalized spacial score (nSPS) is 10.8. The number of Topliss-reactive ketones (excluding diaryl/α,β-unsaturated/α-hetero) is 1. The fraction of sp³-hybridized carbons (Fsp3) is 0.846. The van der Waals surface area contributed by atoms with Gasteiger partial charge in [0.1, 0.15) is 12.1 Å². The number of ketones is 1. The minimum absolute atomic E-state index is 0. The number of ether oxygens (including phenoxy) is 2. The molecule has 0 aromatic carbocycles. The summed E-state index contributed by atoms with van der Waals surface area (Å²) < 4.78 is 11.0. The zero-order valence-electron chi connectivity index (χ0n) is 11.3. The van der Waals surface area contributed by atoms with Crippen molar-refractivity contribution < 1.29 is 19.1 Å². The van der Waals surface area contributed by atoms with Crippen molar-refractivity contribution >= 4 is 41.6 Å². The Hall–Kier alpha value is 0.260. The Labute approximate surface area is 132 Å². The summed E-state index contributed by atoms with van der Waals surface area (Å²) in [6.07, 6.45) is 0.182. The van der Waals surface area contributed by atoms with Gasteiger partial charge in [-0.15, -0.1) is 0 Å². The van der Waals surface area contributed by atoms with Gasteiger partial charge in [-0.05, 0) is 11.8 Å². The second-order valence-corrected chi connectivity index (χ2v) is 5.00. The van der Waals surface area contributed by atoms with Crippen LogP contribution in [0.5, 0.6) is 0 Å². The molecule has 0 bridgehead atoms. The van der Waals surface area contributed by atoms with Gasteiger partial charge in [0.05, 0.1) is 26.1 Å². The summed E-state index contributed by atoms with van der Waals surface area (Å²) in [7, 11) is 0. The summed E-state index contributed by atoms with van der Waals surface area (Å²) in [6, 6.07) is 0. The van der Waals surface area contributed by atoms with Crippen molar-refractivity contribution in [2.75, 3.05) is 13.2 Å². The van der Waals surface area contributed by atoms with E-state index in [2.05, 4.69) is 0 Å². The molecule has 0 heterocycles.